The maximum Gasteiger partial charge on any atom is 0.0800 e. The van der Waals surface area contributed by atoms with Gasteiger partial charge in [0.1, 0.15) is 0 Å². The summed E-state index contributed by atoms with van der Waals surface area (Å²) in [6.45, 7) is 2.59. The van der Waals surface area contributed by atoms with E-state index in [2.05, 4.69) is 27.9 Å². The van der Waals surface area contributed by atoms with Crippen LogP contribution >= 0.6 is 34.2 Å². The van der Waals surface area contributed by atoms with E-state index in [9.17, 15) is 0 Å². The highest BCUT2D eigenvalue weighted by Crippen LogP contribution is 1.93. The van der Waals surface area contributed by atoms with Crippen LogP contribution in [0.2, 0.25) is 0 Å². The van der Waals surface area contributed by atoms with E-state index in [1.54, 1.807) is 0 Å². The van der Waals surface area contributed by atoms with Crippen molar-refractivity contribution in [2.75, 3.05) is 12.4 Å². The van der Waals surface area contributed by atoms with Gasteiger partial charge in [-0.25, -0.2) is 0 Å². The Kier molecular flexibility index (Phi) is 6.30. The van der Waals surface area contributed by atoms with E-state index in [-0.39, 0.29) is 0 Å². The number of rotatable bonds is 4. The van der Waals surface area contributed by atoms with Crippen LogP contribution in [-0.2, 0) is 0 Å². The molecule has 0 aliphatic heterocycles. The van der Waals surface area contributed by atoms with Crippen LogP contribution in [0.4, 0.5) is 0 Å². The first-order valence-corrected chi connectivity index (χ1v) is 4.56. The Morgan fingerprint density at radius 1 is 1.78 bits per heavy atom. The highest BCUT2D eigenvalue weighted by atomic mass is 127. The zero-order valence-electron chi connectivity index (χ0n) is 5.27. The number of hydrogen-bond donors (Lipinski definition) is 2. The molecule has 56 valence electrons. The van der Waals surface area contributed by atoms with Crippen molar-refractivity contribution in [3.63, 3.8) is 0 Å². The smallest absolute Gasteiger partial charge is 0.0800 e. The summed E-state index contributed by atoms with van der Waals surface area (Å²) in [6, 6.07) is 0. The number of aliphatic hydroxyl groups is 1. The van der Waals surface area contributed by atoms with Crippen LogP contribution in [0.3, 0.4) is 0 Å². The molecule has 0 fully saturated rings. The molecule has 9 heavy (non-hydrogen) atoms. The molecule has 0 aromatic heterocycles. The lowest BCUT2D eigenvalue weighted by atomic mass is 10.4. The van der Waals surface area contributed by atoms with E-state index < -0.39 is 6.10 Å². The van der Waals surface area contributed by atoms with E-state index in [0.717, 1.165) is 0 Å². The Bertz CT molecular complexity index is 72.0. The molecule has 0 bridgehead atoms. The predicted octanol–water partition coefficient (Wildman–Crippen LogP) is 0.957. The van der Waals surface area contributed by atoms with Gasteiger partial charge in [0.25, 0.3) is 0 Å². The topological polar surface area (TPSA) is 32.3 Å². The van der Waals surface area contributed by atoms with E-state index in [1.165, 1.54) is 0 Å². The molecule has 0 aliphatic rings. The number of aliphatic hydroxyl groups excluding tert-OH is 1. The van der Waals surface area contributed by atoms with Gasteiger partial charge in [0.2, 0.25) is 0 Å². The van der Waals surface area contributed by atoms with Crippen LogP contribution in [0.5, 0.6) is 0 Å². The summed E-state index contributed by atoms with van der Waals surface area (Å²) in [5.74, 6) is 0.302. The number of alkyl halides is 2. The Hall–Kier alpha value is 0.940. The van der Waals surface area contributed by atoms with Crippen molar-refractivity contribution in [3.05, 3.63) is 0 Å². The molecule has 2 atom stereocenters. The fourth-order valence-corrected chi connectivity index (χ4v) is 0.716. The van der Waals surface area contributed by atoms with Gasteiger partial charge in [-0.05, 0) is 6.92 Å². The molecule has 0 amide bonds. The SMILES string of the molecule is CC(I)NCC(O)CCl. The average molecular weight is 264 g/mol. The van der Waals surface area contributed by atoms with Crippen LogP contribution in [0.15, 0.2) is 0 Å². The number of nitrogens with one attached hydrogen (secondary N) is 1. The Morgan fingerprint density at radius 2 is 2.33 bits per heavy atom. The Labute approximate surface area is 74.1 Å². The van der Waals surface area contributed by atoms with Crippen molar-refractivity contribution >= 4 is 34.2 Å². The quantitative estimate of drug-likeness (QED) is 0.450. The molecule has 2 unspecified atom stereocenters. The molecule has 0 saturated heterocycles. The number of hydrogen-bond acceptors (Lipinski definition) is 2. The van der Waals surface area contributed by atoms with Gasteiger partial charge in [0.15, 0.2) is 0 Å². The first-order chi connectivity index (χ1) is 4.16. The van der Waals surface area contributed by atoms with Gasteiger partial charge in [-0.1, -0.05) is 22.6 Å². The predicted molar refractivity (Wildman–Crippen MR) is 48.2 cm³/mol. The minimum Gasteiger partial charge on any atom is -0.391 e. The maximum atomic E-state index is 8.91. The van der Waals surface area contributed by atoms with Gasteiger partial charge in [-0.15, -0.1) is 11.6 Å². The van der Waals surface area contributed by atoms with Crippen LogP contribution < -0.4 is 5.32 Å². The van der Waals surface area contributed by atoms with Crippen molar-refractivity contribution in [1.82, 2.24) is 5.32 Å². The van der Waals surface area contributed by atoms with Crippen LogP contribution in [0.25, 0.3) is 0 Å². The maximum absolute atomic E-state index is 8.91. The van der Waals surface area contributed by atoms with Gasteiger partial charge in [-0.2, -0.15) is 0 Å². The molecule has 2 nitrogen and oxygen atoms in total. The molecule has 0 rings (SSSR count). The first kappa shape index (κ1) is 9.94. The van der Waals surface area contributed by atoms with Crippen LogP contribution in [-0.4, -0.2) is 27.7 Å². The molecular weight excluding hydrogens is 252 g/mol. The summed E-state index contributed by atoms with van der Waals surface area (Å²) >= 11 is 7.57. The molecule has 0 spiro atoms. The normalized spacial score (nSPS) is 17.3. The average Bonchev–Trinajstić information content (AvgIpc) is 1.83. The summed E-state index contributed by atoms with van der Waals surface area (Å²) in [5, 5.41) is 12.0. The molecule has 4 heteroatoms. The minimum absolute atomic E-state index is 0.302. The lowest BCUT2D eigenvalue weighted by Gasteiger charge is -2.09. The molecule has 0 radical (unpaired) electrons. The van der Waals surface area contributed by atoms with Gasteiger partial charge in [0, 0.05) is 12.4 Å². The lowest BCUT2D eigenvalue weighted by molar-refractivity contribution is 0.195. The van der Waals surface area contributed by atoms with Gasteiger partial charge in [0.05, 0.1) is 10.2 Å². The van der Waals surface area contributed by atoms with Crippen molar-refractivity contribution < 1.29 is 5.11 Å². The first-order valence-electron chi connectivity index (χ1n) is 2.78. The third-order valence-corrected chi connectivity index (χ3v) is 1.61. The van der Waals surface area contributed by atoms with Gasteiger partial charge >= 0.3 is 0 Å². The third-order valence-electron chi connectivity index (χ3n) is 0.813. The summed E-state index contributed by atoms with van der Waals surface area (Å²) in [6.07, 6.45) is -0.413. The van der Waals surface area contributed by atoms with Crippen molar-refractivity contribution in [2.45, 2.75) is 17.1 Å². The molecule has 0 aromatic rings. The lowest BCUT2D eigenvalue weighted by Crippen LogP contribution is -2.31. The number of halogens is 2. The minimum atomic E-state index is -0.413. The molecule has 2 N–H and O–H groups in total. The molecule has 0 aromatic carbocycles. The van der Waals surface area contributed by atoms with Crippen molar-refractivity contribution in [2.24, 2.45) is 0 Å². The van der Waals surface area contributed by atoms with Crippen molar-refractivity contribution in [1.29, 1.82) is 0 Å². The van der Waals surface area contributed by atoms with E-state index >= 15 is 0 Å². The molecule has 0 heterocycles. The molecular formula is C5H11ClINO. The third kappa shape index (κ3) is 6.83. The fraction of sp³-hybridized carbons (Fsp3) is 1.00. The summed E-state index contributed by atoms with van der Waals surface area (Å²) in [4.78, 5) is 0. The second kappa shape index (κ2) is 5.70. The van der Waals surface area contributed by atoms with E-state index in [4.69, 9.17) is 16.7 Å². The standard InChI is InChI=1S/C5H11ClINO/c1-4(7)8-3-5(9)2-6/h4-5,8-9H,2-3H2,1H3. The highest BCUT2D eigenvalue weighted by Gasteiger charge is 2.01. The van der Waals surface area contributed by atoms with Gasteiger partial charge < -0.3 is 10.4 Å². The van der Waals surface area contributed by atoms with Gasteiger partial charge in [-0.3, -0.25) is 0 Å². The fourth-order valence-electron chi connectivity index (χ4n) is 0.353. The summed E-state index contributed by atoms with van der Waals surface area (Å²) in [7, 11) is 0. The van der Waals surface area contributed by atoms with Crippen molar-refractivity contribution in [3.8, 4) is 0 Å². The summed E-state index contributed by atoms with van der Waals surface area (Å²) < 4.78 is 0.389. The van der Waals surface area contributed by atoms with E-state index in [0.29, 0.717) is 16.5 Å². The highest BCUT2D eigenvalue weighted by molar-refractivity contribution is 14.1. The second-order valence-electron chi connectivity index (χ2n) is 1.83. The van der Waals surface area contributed by atoms with Crippen LogP contribution in [0, 0.1) is 0 Å². The summed E-state index contributed by atoms with van der Waals surface area (Å²) in [5.41, 5.74) is 0. The zero-order chi connectivity index (χ0) is 7.28. The largest absolute Gasteiger partial charge is 0.391 e. The monoisotopic (exact) mass is 263 g/mol. The Morgan fingerprint density at radius 3 is 2.67 bits per heavy atom. The van der Waals surface area contributed by atoms with Crippen LogP contribution in [0.1, 0.15) is 6.92 Å². The second-order valence-corrected chi connectivity index (χ2v) is 4.01. The zero-order valence-corrected chi connectivity index (χ0v) is 8.19. The molecule has 0 saturated carbocycles. The van der Waals surface area contributed by atoms with E-state index in [1.807, 2.05) is 6.92 Å². The molecule has 0 aliphatic carbocycles. The Balaban J connectivity index is 3.06.